The molecule has 0 aliphatic carbocycles. The number of hydrogen-bond donors (Lipinski definition) is 1. The predicted molar refractivity (Wildman–Crippen MR) is 70.7 cm³/mol. The summed E-state index contributed by atoms with van der Waals surface area (Å²) in [7, 11) is 1.61. The van der Waals surface area contributed by atoms with Crippen LogP contribution >= 0.6 is 11.3 Å². The van der Waals surface area contributed by atoms with Crippen LogP contribution < -0.4 is 5.73 Å². The van der Waals surface area contributed by atoms with Crippen molar-refractivity contribution in [3.8, 4) is 0 Å². The second-order valence-electron chi connectivity index (χ2n) is 3.64. The molecule has 0 spiro atoms. The maximum atomic E-state index is 11.4. The van der Waals surface area contributed by atoms with Crippen LogP contribution in [0.5, 0.6) is 0 Å². The lowest BCUT2D eigenvalue weighted by atomic mass is 10.2. The first kappa shape index (κ1) is 14.9. The third-order valence-electron chi connectivity index (χ3n) is 2.30. The minimum Gasteiger partial charge on any atom is -0.463 e. The fourth-order valence-corrected chi connectivity index (χ4v) is 2.02. The fourth-order valence-electron chi connectivity index (χ4n) is 1.32. The van der Waals surface area contributed by atoms with Crippen molar-refractivity contribution < 1.29 is 19.0 Å². The molecule has 0 aromatic carbocycles. The molecule has 1 aromatic rings. The predicted octanol–water partition coefficient (Wildman–Crippen LogP) is 1.47. The van der Waals surface area contributed by atoms with Crippen LogP contribution in [-0.2, 0) is 25.4 Å². The van der Waals surface area contributed by atoms with Crippen molar-refractivity contribution in [2.75, 3.05) is 39.3 Å². The Kier molecular flexibility index (Phi) is 7.40. The maximum Gasteiger partial charge on any atom is 0.306 e. The molecular formula is C12H19NO4S. The Morgan fingerprint density at radius 3 is 2.78 bits per heavy atom. The second kappa shape index (κ2) is 8.91. The number of carbonyl (C=O) groups excluding carboxylic acids is 1. The molecule has 0 amide bonds. The molecule has 0 bridgehead atoms. The van der Waals surface area contributed by atoms with E-state index in [-0.39, 0.29) is 12.6 Å². The van der Waals surface area contributed by atoms with E-state index < -0.39 is 0 Å². The van der Waals surface area contributed by atoms with Crippen molar-refractivity contribution in [3.63, 3.8) is 0 Å². The average Bonchev–Trinajstić information content (AvgIpc) is 2.77. The quantitative estimate of drug-likeness (QED) is 0.545. The van der Waals surface area contributed by atoms with Gasteiger partial charge in [-0.2, -0.15) is 0 Å². The van der Waals surface area contributed by atoms with Crippen molar-refractivity contribution in [2.24, 2.45) is 0 Å². The van der Waals surface area contributed by atoms with E-state index in [1.807, 2.05) is 11.4 Å². The summed E-state index contributed by atoms with van der Waals surface area (Å²) >= 11 is 1.48. The molecule has 0 aliphatic heterocycles. The normalized spacial score (nSPS) is 10.5. The molecule has 0 unspecified atom stereocenters. The fraction of sp³-hybridized carbons (Fsp3) is 0.583. The Morgan fingerprint density at radius 2 is 2.11 bits per heavy atom. The third kappa shape index (κ3) is 6.00. The highest BCUT2D eigenvalue weighted by Gasteiger charge is 2.06. The zero-order valence-corrected chi connectivity index (χ0v) is 11.3. The molecule has 0 fully saturated rings. The Morgan fingerprint density at radius 1 is 1.33 bits per heavy atom. The summed E-state index contributed by atoms with van der Waals surface area (Å²) in [4.78, 5) is 11.4. The van der Waals surface area contributed by atoms with Crippen LogP contribution in [0, 0.1) is 0 Å². The smallest absolute Gasteiger partial charge is 0.306 e. The van der Waals surface area contributed by atoms with E-state index in [0.717, 1.165) is 10.6 Å². The minimum atomic E-state index is -0.226. The standard InChI is InChI=1S/C12H19NO4S/c1-15-5-6-16-7-8-17-11(14)3-2-10-4-9-18-12(10)13/h4,9H,2-3,5-8,13H2,1H3. The van der Waals surface area contributed by atoms with Gasteiger partial charge < -0.3 is 19.9 Å². The molecule has 0 aliphatic rings. The van der Waals surface area contributed by atoms with E-state index in [1.54, 1.807) is 7.11 Å². The number of methoxy groups -OCH3 is 1. The van der Waals surface area contributed by atoms with Crippen LogP contribution in [0.3, 0.4) is 0 Å². The van der Waals surface area contributed by atoms with Gasteiger partial charge in [0.05, 0.1) is 24.8 Å². The average molecular weight is 273 g/mol. The molecule has 18 heavy (non-hydrogen) atoms. The molecule has 1 aromatic heterocycles. The van der Waals surface area contributed by atoms with Crippen LogP contribution in [-0.4, -0.2) is 39.5 Å². The van der Waals surface area contributed by atoms with Gasteiger partial charge in [-0.25, -0.2) is 0 Å². The second-order valence-corrected chi connectivity index (χ2v) is 4.58. The van der Waals surface area contributed by atoms with E-state index in [0.29, 0.717) is 32.7 Å². The van der Waals surface area contributed by atoms with Crippen LogP contribution in [0.25, 0.3) is 0 Å². The first-order chi connectivity index (χ1) is 8.74. The number of aryl methyl sites for hydroxylation is 1. The molecule has 0 atom stereocenters. The molecule has 0 saturated carbocycles. The molecule has 5 nitrogen and oxygen atoms in total. The summed E-state index contributed by atoms with van der Waals surface area (Å²) in [6.07, 6.45) is 0.970. The number of hydrogen-bond acceptors (Lipinski definition) is 6. The SMILES string of the molecule is COCCOCCOC(=O)CCc1ccsc1N. The van der Waals surface area contributed by atoms with Crippen LogP contribution in [0.15, 0.2) is 11.4 Å². The van der Waals surface area contributed by atoms with E-state index >= 15 is 0 Å². The van der Waals surface area contributed by atoms with E-state index in [4.69, 9.17) is 19.9 Å². The topological polar surface area (TPSA) is 70.8 Å². The third-order valence-corrected chi connectivity index (χ3v) is 3.09. The Labute approximate surface area is 111 Å². The number of nitrogens with two attached hydrogens (primary N) is 1. The van der Waals surface area contributed by atoms with Crippen LogP contribution in [0.4, 0.5) is 5.00 Å². The number of esters is 1. The Bertz CT molecular complexity index is 354. The molecular weight excluding hydrogens is 254 g/mol. The van der Waals surface area contributed by atoms with Crippen LogP contribution in [0.1, 0.15) is 12.0 Å². The number of ether oxygens (including phenoxy) is 3. The molecule has 102 valence electrons. The number of carbonyl (C=O) groups is 1. The van der Waals surface area contributed by atoms with Gasteiger partial charge in [0.1, 0.15) is 6.61 Å². The zero-order chi connectivity index (χ0) is 13.2. The summed E-state index contributed by atoms with van der Waals surface area (Å²) in [5, 5.41) is 2.69. The van der Waals surface area contributed by atoms with Gasteiger partial charge in [0, 0.05) is 13.5 Å². The van der Waals surface area contributed by atoms with Gasteiger partial charge in [-0.15, -0.1) is 11.3 Å². The first-order valence-electron chi connectivity index (χ1n) is 5.78. The summed E-state index contributed by atoms with van der Waals surface area (Å²) in [5.41, 5.74) is 6.74. The Balaban J connectivity index is 2.02. The molecule has 1 heterocycles. The Hall–Kier alpha value is -1.11. The monoisotopic (exact) mass is 273 g/mol. The van der Waals surface area contributed by atoms with E-state index in [9.17, 15) is 4.79 Å². The number of nitrogen functional groups attached to an aromatic ring is 1. The molecule has 0 saturated heterocycles. The van der Waals surface area contributed by atoms with Gasteiger partial charge in [-0.3, -0.25) is 4.79 Å². The lowest BCUT2D eigenvalue weighted by molar-refractivity contribution is -0.145. The van der Waals surface area contributed by atoms with Crippen molar-refractivity contribution in [1.82, 2.24) is 0 Å². The highest BCUT2D eigenvalue weighted by atomic mass is 32.1. The minimum absolute atomic E-state index is 0.226. The highest BCUT2D eigenvalue weighted by molar-refractivity contribution is 7.14. The number of anilines is 1. The van der Waals surface area contributed by atoms with Crippen molar-refractivity contribution >= 4 is 22.3 Å². The van der Waals surface area contributed by atoms with Gasteiger partial charge >= 0.3 is 5.97 Å². The van der Waals surface area contributed by atoms with Gasteiger partial charge in [-0.05, 0) is 23.4 Å². The number of rotatable bonds is 9. The van der Waals surface area contributed by atoms with Crippen LogP contribution in [0.2, 0.25) is 0 Å². The van der Waals surface area contributed by atoms with Gasteiger partial charge in [-0.1, -0.05) is 0 Å². The summed E-state index contributed by atoms with van der Waals surface area (Å²) in [5.74, 6) is -0.226. The molecule has 2 N–H and O–H groups in total. The summed E-state index contributed by atoms with van der Waals surface area (Å²) < 4.78 is 15.0. The lowest BCUT2D eigenvalue weighted by Gasteiger charge is -2.05. The molecule has 0 radical (unpaired) electrons. The summed E-state index contributed by atoms with van der Waals surface area (Å²) in [6.45, 7) is 1.74. The summed E-state index contributed by atoms with van der Waals surface area (Å²) in [6, 6.07) is 1.93. The first-order valence-corrected chi connectivity index (χ1v) is 6.66. The van der Waals surface area contributed by atoms with Gasteiger partial charge in [0.25, 0.3) is 0 Å². The van der Waals surface area contributed by atoms with Crippen molar-refractivity contribution in [1.29, 1.82) is 0 Å². The van der Waals surface area contributed by atoms with E-state index in [1.165, 1.54) is 11.3 Å². The lowest BCUT2D eigenvalue weighted by Crippen LogP contribution is -2.13. The van der Waals surface area contributed by atoms with Gasteiger partial charge in [0.15, 0.2) is 0 Å². The van der Waals surface area contributed by atoms with E-state index in [2.05, 4.69) is 0 Å². The maximum absolute atomic E-state index is 11.4. The number of thiophene rings is 1. The van der Waals surface area contributed by atoms with Crippen molar-refractivity contribution in [3.05, 3.63) is 17.0 Å². The van der Waals surface area contributed by atoms with Gasteiger partial charge in [0.2, 0.25) is 0 Å². The zero-order valence-electron chi connectivity index (χ0n) is 10.5. The molecule has 1 rings (SSSR count). The highest BCUT2D eigenvalue weighted by Crippen LogP contribution is 2.20. The largest absolute Gasteiger partial charge is 0.463 e. The van der Waals surface area contributed by atoms with Crippen molar-refractivity contribution in [2.45, 2.75) is 12.8 Å². The molecule has 6 heteroatoms.